The summed E-state index contributed by atoms with van der Waals surface area (Å²) in [7, 11) is 0. The minimum absolute atomic E-state index is 0.167. The molecule has 8 heteroatoms. The largest absolute Gasteiger partial charge is 0.478 e. The van der Waals surface area contributed by atoms with Crippen LogP contribution in [-0.4, -0.2) is 41.1 Å². The molecule has 1 saturated carbocycles. The van der Waals surface area contributed by atoms with Gasteiger partial charge in [0.2, 0.25) is 0 Å². The van der Waals surface area contributed by atoms with Crippen molar-refractivity contribution in [3.05, 3.63) is 88.4 Å². The Hall–Kier alpha value is -3.94. The number of rotatable bonds is 7. The van der Waals surface area contributed by atoms with Gasteiger partial charge in [-0.05, 0) is 79.8 Å². The van der Waals surface area contributed by atoms with Crippen LogP contribution >= 0.6 is 0 Å². The number of pyridine rings is 1. The SMILES string of the molecule is Cc1cnc(N2CC(Nc3ccc(F)cc3C)C2)c(C(=O)NC2(c3ccc(C(=O)O)cc3)CC2)c1. The summed E-state index contributed by atoms with van der Waals surface area (Å²) in [5.74, 6) is -0.785. The fraction of sp³-hybridized carbons (Fsp3) is 0.296. The van der Waals surface area contributed by atoms with Crippen LogP contribution in [0.3, 0.4) is 0 Å². The number of carbonyl (C=O) groups excluding carboxylic acids is 1. The van der Waals surface area contributed by atoms with Gasteiger partial charge >= 0.3 is 5.97 Å². The second-order valence-corrected chi connectivity index (χ2v) is 9.51. The van der Waals surface area contributed by atoms with E-state index in [0.717, 1.165) is 35.2 Å². The van der Waals surface area contributed by atoms with E-state index in [1.54, 1.807) is 36.5 Å². The van der Waals surface area contributed by atoms with E-state index in [9.17, 15) is 14.0 Å². The zero-order valence-corrected chi connectivity index (χ0v) is 19.6. The number of nitrogens with zero attached hydrogens (tertiary/aromatic N) is 2. The van der Waals surface area contributed by atoms with Gasteiger partial charge in [-0.15, -0.1) is 0 Å². The zero-order valence-electron chi connectivity index (χ0n) is 19.6. The van der Waals surface area contributed by atoms with Crippen LogP contribution in [0.5, 0.6) is 0 Å². The fourth-order valence-corrected chi connectivity index (χ4v) is 4.56. The molecule has 2 fully saturated rings. The molecule has 5 rings (SSSR count). The molecule has 3 aromatic rings. The number of hydrogen-bond acceptors (Lipinski definition) is 5. The molecule has 0 atom stereocenters. The number of carbonyl (C=O) groups is 2. The van der Waals surface area contributed by atoms with Gasteiger partial charge in [-0.1, -0.05) is 12.1 Å². The molecular weight excluding hydrogens is 447 g/mol. The van der Waals surface area contributed by atoms with Gasteiger partial charge in [0.1, 0.15) is 11.6 Å². The monoisotopic (exact) mass is 474 g/mol. The van der Waals surface area contributed by atoms with E-state index in [1.807, 2.05) is 19.9 Å². The lowest BCUT2D eigenvalue weighted by Gasteiger charge is -2.42. The number of amides is 1. The second-order valence-electron chi connectivity index (χ2n) is 9.51. The van der Waals surface area contributed by atoms with Gasteiger partial charge < -0.3 is 20.6 Å². The van der Waals surface area contributed by atoms with Crippen molar-refractivity contribution in [2.24, 2.45) is 0 Å². The Labute approximate surface area is 203 Å². The van der Waals surface area contributed by atoms with Crippen molar-refractivity contribution in [2.45, 2.75) is 38.3 Å². The Morgan fingerprint density at radius 3 is 2.43 bits per heavy atom. The van der Waals surface area contributed by atoms with E-state index in [2.05, 4.69) is 20.5 Å². The molecule has 35 heavy (non-hydrogen) atoms. The molecule has 1 aliphatic carbocycles. The highest BCUT2D eigenvalue weighted by Crippen LogP contribution is 2.46. The maximum Gasteiger partial charge on any atom is 0.335 e. The second kappa shape index (κ2) is 8.69. The van der Waals surface area contributed by atoms with Crippen LogP contribution in [0.4, 0.5) is 15.9 Å². The highest BCUT2D eigenvalue weighted by molar-refractivity contribution is 6.00. The summed E-state index contributed by atoms with van der Waals surface area (Å²) >= 11 is 0. The molecule has 2 aromatic carbocycles. The smallest absolute Gasteiger partial charge is 0.335 e. The first-order chi connectivity index (χ1) is 16.7. The Morgan fingerprint density at radius 1 is 1.09 bits per heavy atom. The lowest BCUT2D eigenvalue weighted by molar-refractivity contribution is 0.0696. The average molecular weight is 475 g/mol. The number of carboxylic acids is 1. The predicted octanol–water partition coefficient (Wildman–Crippen LogP) is 4.26. The first-order valence-electron chi connectivity index (χ1n) is 11.6. The third-order valence-electron chi connectivity index (χ3n) is 6.76. The maximum atomic E-state index is 13.4. The highest BCUT2D eigenvalue weighted by Gasteiger charge is 2.46. The van der Waals surface area contributed by atoms with Gasteiger partial charge in [0.25, 0.3) is 5.91 Å². The first kappa shape index (κ1) is 22.8. The van der Waals surface area contributed by atoms with Crippen molar-refractivity contribution >= 4 is 23.4 Å². The van der Waals surface area contributed by atoms with E-state index in [1.165, 1.54) is 12.1 Å². The summed E-state index contributed by atoms with van der Waals surface area (Å²) in [4.78, 5) is 31.2. The standard InChI is InChI=1S/C27H27FN4O3/c1-16-11-22(25(33)31-27(9-10-27)19-5-3-18(4-6-19)26(34)35)24(29-13-16)32-14-21(15-32)30-23-8-7-20(28)12-17(23)2/h3-8,11-13,21,30H,9-10,14-15H2,1-2H3,(H,31,33)(H,34,35). The number of carboxylic acid groups (broad SMARTS) is 1. The van der Waals surface area contributed by atoms with Gasteiger partial charge in [-0.3, -0.25) is 4.79 Å². The van der Waals surface area contributed by atoms with Gasteiger partial charge in [0.15, 0.2) is 0 Å². The Kier molecular flexibility index (Phi) is 5.67. The molecule has 1 aliphatic heterocycles. The molecule has 0 unspecified atom stereocenters. The van der Waals surface area contributed by atoms with Crippen LogP contribution in [0.2, 0.25) is 0 Å². The van der Waals surface area contributed by atoms with E-state index in [0.29, 0.717) is 24.5 Å². The summed E-state index contributed by atoms with van der Waals surface area (Å²) in [6.07, 6.45) is 3.35. The maximum absolute atomic E-state index is 13.4. The molecule has 2 heterocycles. The molecule has 0 spiro atoms. The summed E-state index contributed by atoms with van der Waals surface area (Å²) < 4.78 is 13.4. The van der Waals surface area contributed by atoms with E-state index >= 15 is 0 Å². The van der Waals surface area contributed by atoms with Gasteiger partial charge in [-0.25, -0.2) is 14.2 Å². The molecule has 3 N–H and O–H groups in total. The summed E-state index contributed by atoms with van der Waals surface area (Å²) in [5.41, 5.74) is 3.81. The lowest BCUT2D eigenvalue weighted by atomic mass is 10.0. The fourth-order valence-electron chi connectivity index (χ4n) is 4.56. The van der Waals surface area contributed by atoms with Crippen molar-refractivity contribution in [3.8, 4) is 0 Å². The topological polar surface area (TPSA) is 94.6 Å². The summed E-state index contributed by atoms with van der Waals surface area (Å²) in [5, 5.41) is 15.8. The molecule has 2 aliphatic rings. The number of benzene rings is 2. The molecule has 7 nitrogen and oxygen atoms in total. The van der Waals surface area contributed by atoms with Gasteiger partial charge in [0, 0.05) is 25.0 Å². The first-order valence-corrected chi connectivity index (χ1v) is 11.6. The Morgan fingerprint density at radius 2 is 1.80 bits per heavy atom. The van der Waals surface area contributed by atoms with Crippen molar-refractivity contribution in [1.29, 1.82) is 0 Å². The van der Waals surface area contributed by atoms with E-state index < -0.39 is 11.5 Å². The van der Waals surface area contributed by atoms with Crippen LogP contribution in [0.25, 0.3) is 0 Å². The molecule has 1 saturated heterocycles. The molecule has 1 amide bonds. The van der Waals surface area contributed by atoms with Crippen LogP contribution in [-0.2, 0) is 5.54 Å². The normalized spacial score (nSPS) is 16.4. The average Bonchev–Trinajstić information content (AvgIpc) is 3.58. The predicted molar refractivity (Wildman–Crippen MR) is 132 cm³/mol. The van der Waals surface area contributed by atoms with E-state index in [-0.39, 0.29) is 23.3 Å². The number of aromatic nitrogens is 1. The van der Waals surface area contributed by atoms with Gasteiger partial charge in [-0.2, -0.15) is 0 Å². The Bertz CT molecular complexity index is 1300. The molecule has 1 aromatic heterocycles. The lowest BCUT2D eigenvalue weighted by Crippen LogP contribution is -2.56. The van der Waals surface area contributed by atoms with E-state index in [4.69, 9.17) is 5.11 Å². The van der Waals surface area contributed by atoms with Gasteiger partial charge in [0.05, 0.1) is 22.7 Å². The van der Waals surface area contributed by atoms with Crippen LogP contribution < -0.4 is 15.5 Å². The molecule has 0 radical (unpaired) electrons. The summed E-state index contributed by atoms with van der Waals surface area (Å²) in [6.45, 7) is 5.13. The summed E-state index contributed by atoms with van der Waals surface area (Å²) in [6, 6.07) is 13.4. The van der Waals surface area contributed by atoms with Crippen molar-refractivity contribution < 1.29 is 19.1 Å². The third kappa shape index (κ3) is 4.56. The quantitative estimate of drug-likeness (QED) is 0.474. The van der Waals surface area contributed by atoms with Crippen molar-refractivity contribution in [1.82, 2.24) is 10.3 Å². The zero-order chi connectivity index (χ0) is 24.7. The number of hydrogen-bond donors (Lipinski definition) is 3. The van der Waals surface area contributed by atoms with Crippen molar-refractivity contribution in [2.75, 3.05) is 23.3 Å². The Balaban J connectivity index is 1.29. The third-order valence-corrected chi connectivity index (χ3v) is 6.76. The minimum atomic E-state index is -0.974. The number of anilines is 2. The van der Waals surface area contributed by atoms with Crippen LogP contribution in [0.1, 0.15) is 50.2 Å². The number of aryl methyl sites for hydroxylation is 2. The van der Waals surface area contributed by atoms with Crippen LogP contribution in [0, 0.1) is 19.7 Å². The van der Waals surface area contributed by atoms with Crippen molar-refractivity contribution in [3.63, 3.8) is 0 Å². The number of aromatic carboxylic acids is 1. The molecule has 180 valence electrons. The number of nitrogens with one attached hydrogen (secondary N) is 2. The number of halogens is 1. The highest BCUT2D eigenvalue weighted by atomic mass is 19.1. The minimum Gasteiger partial charge on any atom is -0.478 e. The molecule has 0 bridgehead atoms. The van der Waals surface area contributed by atoms with Crippen LogP contribution in [0.15, 0.2) is 54.7 Å². The molecular formula is C27H27FN4O3.